The lowest BCUT2D eigenvalue weighted by Crippen LogP contribution is -2.70. The zero-order valence-corrected chi connectivity index (χ0v) is 16.2. The largest absolute Gasteiger partial charge is 0.465 e. The molecule has 0 spiro atoms. The Morgan fingerprint density at radius 2 is 1.12 bits per heavy atom. The number of alkyl halides is 13. The molecule has 0 atom stereocenters. The lowest BCUT2D eigenvalue weighted by Gasteiger charge is -2.40. The van der Waals surface area contributed by atoms with Crippen molar-refractivity contribution in [1.82, 2.24) is 5.32 Å². The fraction of sp³-hybridized carbons (Fsp3) is 0.733. The first-order valence-electron chi connectivity index (χ1n) is 8.30. The summed E-state index contributed by atoms with van der Waals surface area (Å²) in [7, 11) is 0. The molecule has 194 valence electrons. The molecule has 0 fully saturated rings. The van der Waals surface area contributed by atoms with E-state index < -0.39 is 79.3 Å². The molecule has 0 unspecified atom stereocenters. The maximum atomic E-state index is 14.2. The number of hydrogen-bond acceptors (Lipinski definition) is 5. The van der Waals surface area contributed by atoms with Gasteiger partial charge in [0.15, 0.2) is 0 Å². The monoisotopic (exact) mass is 519 g/mol. The van der Waals surface area contributed by atoms with Crippen LogP contribution in [0.4, 0.5) is 57.1 Å². The first-order valence-corrected chi connectivity index (χ1v) is 8.30. The van der Waals surface area contributed by atoms with Crippen molar-refractivity contribution in [2.75, 3.05) is 19.8 Å². The van der Waals surface area contributed by atoms with Gasteiger partial charge in [-0.1, -0.05) is 0 Å². The van der Waals surface area contributed by atoms with Gasteiger partial charge in [-0.25, -0.2) is 4.79 Å². The van der Waals surface area contributed by atoms with Crippen LogP contribution >= 0.6 is 0 Å². The van der Waals surface area contributed by atoms with E-state index in [0.717, 1.165) is 12.2 Å². The van der Waals surface area contributed by atoms with Crippen molar-refractivity contribution in [2.45, 2.75) is 49.6 Å². The molecule has 0 aliphatic heterocycles. The van der Waals surface area contributed by atoms with E-state index in [4.69, 9.17) is 0 Å². The molecule has 18 heteroatoms. The standard InChI is InChI=1S/C15H14F13NO4/c1-3-32-8(30)5-7(29-6-9(31)33-4-2)10(16,17)11(18,19)12(20,21)13(22,23)14(24,25)15(26,27)28/h5,29H,3-4,6H2,1-2H3/b7-5-. The van der Waals surface area contributed by atoms with Crippen molar-refractivity contribution in [2.24, 2.45) is 0 Å². The third-order valence-corrected chi connectivity index (χ3v) is 3.55. The fourth-order valence-electron chi connectivity index (χ4n) is 1.87. The smallest absolute Gasteiger partial charge is 0.460 e. The number of carbonyl (C=O) groups excluding carboxylic acids is 2. The second kappa shape index (κ2) is 9.82. The van der Waals surface area contributed by atoms with Gasteiger partial charge in [0.2, 0.25) is 0 Å². The molecule has 1 N–H and O–H groups in total. The number of nitrogens with one attached hydrogen (secondary N) is 1. The quantitative estimate of drug-likeness (QED) is 0.250. The van der Waals surface area contributed by atoms with E-state index in [-0.39, 0.29) is 0 Å². The summed E-state index contributed by atoms with van der Waals surface area (Å²) >= 11 is 0. The van der Waals surface area contributed by atoms with Gasteiger partial charge in [0.25, 0.3) is 0 Å². The van der Waals surface area contributed by atoms with E-state index in [9.17, 15) is 66.7 Å². The summed E-state index contributed by atoms with van der Waals surface area (Å²) in [5, 5.41) is 1.00. The van der Waals surface area contributed by atoms with E-state index in [1.165, 1.54) is 6.92 Å². The van der Waals surface area contributed by atoms with E-state index in [1.807, 2.05) is 0 Å². The van der Waals surface area contributed by atoms with Crippen LogP contribution in [0.15, 0.2) is 11.8 Å². The van der Waals surface area contributed by atoms with Gasteiger partial charge in [0.05, 0.1) is 18.9 Å². The van der Waals surface area contributed by atoms with Crippen LogP contribution < -0.4 is 5.32 Å². The van der Waals surface area contributed by atoms with Crippen molar-refractivity contribution in [3.05, 3.63) is 11.8 Å². The SMILES string of the molecule is CCOC(=O)/C=C(\NCC(=O)OCC)C(F)(F)C(F)(F)C(F)(F)C(F)(F)C(F)(F)C(F)(F)F. The van der Waals surface area contributed by atoms with Crippen molar-refractivity contribution in [3.8, 4) is 0 Å². The third kappa shape index (κ3) is 5.56. The predicted molar refractivity (Wildman–Crippen MR) is 80.1 cm³/mol. The number of hydrogen-bond donors (Lipinski definition) is 1. The van der Waals surface area contributed by atoms with Gasteiger partial charge in [-0.05, 0) is 13.8 Å². The van der Waals surface area contributed by atoms with Crippen LogP contribution in [-0.4, -0.2) is 67.5 Å². The number of allylic oxidation sites excluding steroid dienone is 1. The zero-order chi connectivity index (χ0) is 26.7. The van der Waals surface area contributed by atoms with Crippen molar-refractivity contribution < 1.29 is 76.1 Å². The molecule has 0 aromatic heterocycles. The van der Waals surface area contributed by atoms with Crippen molar-refractivity contribution >= 4 is 11.9 Å². The minimum atomic E-state index is -8.11. The van der Waals surface area contributed by atoms with Gasteiger partial charge in [-0.15, -0.1) is 0 Å². The summed E-state index contributed by atoms with van der Waals surface area (Å²) in [6, 6.07) is 0. The number of carbonyl (C=O) groups is 2. The van der Waals surface area contributed by atoms with Crippen molar-refractivity contribution in [1.29, 1.82) is 0 Å². The molecule has 0 aromatic rings. The van der Waals surface area contributed by atoms with Crippen LogP contribution in [-0.2, 0) is 19.1 Å². The molecule has 0 aromatic carbocycles. The normalized spacial score (nSPS) is 14.7. The minimum absolute atomic E-state index is 0.430. The van der Waals surface area contributed by atoms with Gasteiger partial charge in [0.1, 0.15) is 6.54 Å². The van der Waals surface area contributed by atoms with E-state index in [1.54, 1.807) is 0 Å². The molecular weight excluding hydrogens is 505 g/mol. The second-order valence-electron chi connectivity index (χ2n) is 5.84. The average molecular weight is 519 g/mol. The fourth-order valence-corrected chi connectivity index (χ4v) is 1.87. The van der Waals surface area contributed by atoms with E-state index in [2.05, 4.69) is 9.47 Å². The predicted octanol–water partition coefficient (Wildman–Crippen LogP) is 4.32. The Morgan fingerprint density at radius 3 is 1.52 bits per heavy atom. The summed E-state index contributed by atoms with van der Waals surface area (Å²) in [6.45, 7) is -0.432. The highest BCUT2D eigenvalue weighted by atomic mass is 19.4. The number of rotatable bonds is 11. The Labute approximate surface area is 175 Å². The topological polar surface area (TPSA) is 64.6 Å². The summed E-state index contributed by atoms with van der Waals surface area (Å²) < 4.78 is 181. The van der Waals surface area contributed by atoms with E-state index >= 15 is 0 Å². The lowest BCUT2D eigenvalue weighted by atomic mass is 9.92. The molecule has 0 amide bonds. The maximum absolute atomic E-state index is 14.2. The first kappa shape index (κ1) is 30.6. The van der Waals surface area contributed by atoms with Crippen LogP contribution in [0.25, 0.3) is 0 Å². The summed E-state index contributed by atoms with van der Waals surface area (Å²) in [4.78, 5) is 22.5. The number of halogens is 13. The molecular formula is C15H14F13NO4. The van der Waals surface area contributed by atoms with Crippen LogP contribution in [0.5, 0.6) is 0 Å². The Morgan fingerprint density at radius 1 is 0.697 bits per heavy atom. The second-order valence-corrected chi connectivity index (χ2v) is 5.84. The summed E-state index contributed by atoms with van der Waals surface area (Å²) in [5.41, 5.74) is -2.75. The highest BCUT2D eigenvalue weighted by Crippen LogP contribution is 2.61. The molecule has 0 aliphatic rings. The molecule has 0 rings (SSSR count). The molecule has 0 radical (unpaired) electrons. The van der Waals surface area contributed by atoms with Crippen molar-refractivity contribution in [3.63, 3.8) is 0 Å². The highest BCUT2D eigenvalue weighted by molar-refractivity contribution is 5.83. The molecule has 5 nitrogen and oxygen atoms in total. The molecule has 0 heterocycles. The summed E-state index contributed by atoms with van der Waals surface area (Å²) in [6.07, 6.45) is -8.27. The van der Waals surface area contributed by atoms with Gasteiger partial charge in [-0.2, -0.15) is 57.1 Å². The Balaban J connectivity index is 6.60. The van der Waals surface area contributed by atoms with E-state index in [0.29, 0.717) is 0 Å². The Hall–Kier alpha value is -2.43. The van der Waals surface area contributed by atoms with Gasteiger partial charge in [0, 0.05) is 6.08 Å². The van der Waals surface area contributed by atoms with Gasteiger partial charge in [-0.3, -0.25) is 4.79 Å². The van der Waals surface area contributed by atoms with Crippen LogP contribution in [0.3, 0.4) is 0 Å². The number of ether oxygens (including phenoxy) is 2. The average Bonchev–Trinajstić information content (AvgIpc) is 2.63. The zero-order valence-electron chi connectivity index (χ0n) is 16.2. The molecule has 0 saturated heterocycles. The molecule has 33 heavy (non-hydrogen) atoms. The highest BCUT2D eigenvalue weighted by Gasteiger charge is 2.91. The van der Waals surface area contributed by atoms with Crippen LogP contribution in [0.2, 0.25) is 0 Å². The van der Waals surface area contributed by atoms with Gasteiger partial charge >= 0.3 is 47.7 Å². The maximum Gasteiger partial charge on any atom is 0.460 e. The van der Waals surface area contributed by atoms with Gasteiger partial charge < -0.3 is 14.8 Å². The molecule has 0 bridgehead atoms. The number of esters is 2. The Bertz CT molecular complexity index is 747. The Kier molecular flexibility index (Phi) is 9.10. The summed E-state index contributed by atoms with van der Waals surface area (Å²) in [5.74, 6) is -42.1. The minimum Gasteiger partial charge on any atom is -0.465 e. The third-order valence-electron chi connectivity index (χ3n) is 3.55. The van der Waals surface area contributed by atoms with Crippen LogP contribution in [0.1, 0.15) is 13.8 Å². The lowest BCUT2D eigenvalue weighted by molar-refractivity contribution is -0.437. The molecule has 0 saturated carbocycles. The van der Waals surface area contributed by atoms with Crippen LogP contribution in [0, 0.1) is 0 Å². The first-order chi connectivity index (χ1) is 14.6. The molecule has 0 aliphatic carbocycles.